The minimum atomic E-state index is -0.180. The van der Waals surface area contributed by atoms with Crippen LogP contribution in [0.3, 0.4) is 0 Å². The maximum atomic E-state index is 13.1. The van der Waals surface area contributed by atoms with Crippen molar-refractivity contribution >= 4 is 41.3 Å². The van der Waals surface area contributed by atoms with Gasteiger partial charge in [-0.2, -0.15) is 0 Å². The third-order valence-electron chi connectivity index (χ3n) is 5.46. The number of hydrogen-bond acceptors (Lipinski definition) is 4. The molecule has 0 atom stereocenters. The maximum Gasteiger partial charge on any atom is 0.191 e. The minimum absolute atomic E-state index is 0. The highest BCUT2D eigenvalue weighted by atomic mass is 127. The van der Waals surface area contributed by atoms with Gasteiger partial charge in [-0.15, -0.1) is 35.3 Å². The van der Waals surface area contributed by atoms with Gasteiger partial charge in [-0.1, -0.05) is 18.2 Å². The third kappa shape index (κ3) is 7.90. The first-order chi connectivity index (χ1) is 15.2. The fraction of sp³-hybridized carbons (Fsp3) is 0.375. The second kappa shape index (κ2) is 13.0. The number of thiophene rings is 1. The van der Waals surface area contributed by atoms with Gasteiger partial charge < -0.3 is 15.1 Å². The molecule has 4 rings (SSSR count). The van der Waals surface area contributed by atoms with Crippen LogP contribution in [0.25, 0.3) is 0 Å². The molecule has 2 aromatic heterocycles. The van der Waals surface area contributed by atoms with Gasteiger partial charge in [-0.25, -0.2) is 9.38 Å². The molecule has 0 bridgehead atoms. The molecule has 1 aliphatic rings. The van der Waals surface area contributed by atoms with E-state index in [9.17, 15) is 4.39 Å². The van der Waals surface area contributed by atoms with Crippen LogP contribution in [0.4, 0.5) is 4.39 Å². The zero-order chi connectivity index (χ0) is 21.3. The van der Waals surface area contributed by atoms with E-state index < -0.39 is 0 Å². The number of nitrogens with one attached hydrogen (secondary N) is 2. The molecule has 0 amide bonds. The summed E-state index contributed by atoms with van der Waals surface area (Å²) < 4.78 is 18.5. The Morgan fingerprint density at radius 1 is 1.12 bits per heavy atom. The van der Waals surface area contributed by atoms with Gasteiger partial charge in [0.15, 0.2) is 5.96 Å². The molecule has 8 heteroatoms. The number of halogens is 2. The fourth-order valence-corrected chi connectivity index (χ4v) is 4.38. The van der Waals surface area contributed by atoms with Gasteiger partial charge in [0, 0.05) is 43.5 Å². The van der Waals surface area contributed by atoms with Gasteiger partial charge in [0.2, 0.25) is 0 Å². The van der Waals surface area contributed by atoms with E-state index in [0.29, 0.717) is 12.6 Å². The second-order valence-corrected chi connectivity index (χ2v) is 8.85. The van der Waals surface area contributed by atoms with Crippen LogP contribution >= 0.6 is 35.3 Å². The van der Waals surface area contributed by atoms with Crippen LogP contribution in [-0.4, -0.2) is 36.5 Å². The topological polar surface area (TPSA) is 52.8 Å². The SMILES string of the molecule is Fc1ccc(CN2CCC(NC(=NCc3cccs3)NCCc3ccco3)CC2)cc1.I. The van der Waals surface area contributed by atoms with Crippen LogP contribution in [0.15, 0.2) is 69.6 Å². The van der Waals surface area contributed by atoms with Gasteiger partial charge in [0.05, 0.1) is 12.8 Å². The highest BCUT2D eigenvalue weighted by Crippen LogP contribution is 2.15. The largest absolute Gasteiger partial charge is 0.469 e. The Labute approximate surface area is 210 Å². The monoisotopic (exact) mass is 568 g/mol. The van der Waals surface area contributed by atoms with Crippen LogP contribution in [0, 0.1) is 5.82 Å². The number of furan rings is 1. The molecule has 0 unspecified atom stereocenters. The predicted molar refractivity (Wildman–Crippen MR) is 139 cm³/mol. The smallest absolute Gasteiger partial charge is 0.191 e. The molecule has 3 aromatic rings. The minimum Gasteiger partial charge on any atom is -0.469 e. The quantitative estimate of drug-likeness (QED) is 0.227. The van der Waals surface area contributed by atoms with E-state index in [2.05, 4.69) is 33.0 Å². The summed E-state index contributed by atoms with van der Waals surface area (Å²) in [6.45, 7) is 4.34. The lowest BCUT2D eigenvalue weighted by atomic mass is 10.0. The summed E-state index contributed by atoms with van der Waals surface area (Å²) >= 11 is 1.73. The van der Waals surface area contributed by atoms with E-state index >= 15 is 0 Å². The average Bonchev–Trinajstić information content (AvgIpc) is 3.49. The average molecular weight is 569 g/mol. The van der Waals surface area contributed by atoms with Crippen molar-refractivity contribution in [1.29, 1.82) is 0 Å². The fourth-order valence-electron chi connectivity index (χ4n) is 3.75. The number of nitrogens with zero attached hydrogens (tertiary/aromatic N) is 2. The molecule has 172 valence electrons. The number of likely N-dealkylation sites (tertiary alicyclic amines) is 1. The lowest BCUT2D eigenvalue weighted by Crippen LogP contribution is -2.48. The molecule has 0 spiro atoms. The van der Waals surface area contributed by atoms with Crippen LogP contribution in [0.2, 0.25) is 0 Å². The summed E-state index contributed by atoms with van der Waals surface area (Å²) in [7, 11) is 0. The van der Waals surface area contributed by atoms with E-state index in [-0.39, 0.29) is 29.8 Å². The van der Waals surface area contributed by atoms with Crippen molar-refractivity contribution in [2.75, 3.05) is 19.6 Å². The van der Waals surface area contributed by atoms with Crippen LogP contribution in [0.1, 0.15) is 29.0 Å². The summed E-state index contributed by atoms with van der Waals surface area (Å²) in [4.78, 5) is 8.48. The zero-order valence-corrected chi connectivity index (χ0v) is 21.2. The standard InChI is InChI=1S/C24H29FN4OS.HI/c25-20-7-5-19(6-8-20)18-29-13-10-21(11-14-29)28-24(27-17-23-4-2-16-31-23)26-12-9-22-3-1-15-30-22;/h1-8,15-16,21H,9-14,17-18H2,(H2,26,27,28);1H. The first kappa shape index (κ1) is 24.7. The Kier molecular flexibility index (Phi) is 10.0. The number of hydrogen-bond donors (Lipinski definition) is 2. The molecule has 1 fully saturated rings. The van der Waals surface area contributed by atoms with Crippen molar-refractivity contribution in [3.05, 3.63) is 82.2 Å². The molecule has 0 aliphatic carbocycles. The first-order valence-electron chi connectivity index (χ1n) is 10.8. The molecule has 32 heavy (non-hydrogen) atoms. The first-order valence-corrected chi connectivity index (χ1v) is 11.7. The van der Waals surface area contributed by atoms with Gasteiger partial charge in [-0.3, -0.25) is 4.90 Å². The Hall–Kier alpha value is -1.91. The maximum absolute atomic E-state index is 13.1. The number of piperidine rings is 1. The molecule has 0 saturated carbocycles. The van der Waals surface area contributed by atoms with Gasteiger partial charge in [0.1, 0.15) is 11.6 Å². The summed E-state index contributed by atoms with van der Waals surface area (Å²) in [6, 6.07) is 15.3. The van der Waals surface area contributed by atoms with Crippen molar-refractivity contribution in [3.8, 4) is 0 Å². The molecule has 0 radical (unpaired) electrons. The highest BCUT2D eigenvalue weighted by Gasteiger charge is 2.20. The summed E-state index contributed by atoms with van der Waals surface area (Å²) in [6.07, 6.45) is 4.64. The van der Waals surface area contributed by atoms with E-state index in [4.69, 9.17) is 9.41 Å². The van der Waals surface area contributed by atoms with E-state index in [1.54, 1.807) is 17.6 Å². The summed E-state index contributed by atoms with van der Waals surface area (Å²) in [5.74, 6) is 1.65. The molecular weight excluding hydrogens is 538 g/mol. The number of guanidine groups is 1. The van der Waals surface area contributed by atoms with Crippen LogP contribution < -0.4 is 10.6 Å². The van der Waals surface area contributed by atoms with Crippen molar-refractivity contribution < 1.29 is 8.81 Å². The summed E-state index contributed by atoms with van der Waals surface area (Å²) in [5.41, 5.74) is 1.16. The molecule has 5 nitrogen and oxygen atoms in total. The van der Waals surface area contributed by atoms with E-state index in [1.165, 1.54) is 17.0 Å². The van der Waals surface area contributed by atoms with Crippen LogP contribution in [0.5, 0.6) is 0 Å². The molecule has 1 saturated heterocycles. The molecule has 1 aliphatic heterocycles. The molecule has 3 heterocycles. The normalized spacial score (nSPS) is 15.3. The number of aliphatic imine (C=N–C) groups is 1. The molecule has 1 aromatic carbocycles. The van der Waals surface area contributed by atoms with Crippen molar-refractivity contribution in [1.82, 2.24) is 15.5 Å². The molecule has 2 N–H and O–H groups in total. The van der Waals surface area contributed by atoms with Crippen molar-refractivity contribution in [2.24, 2.45) is 4.99 Å². The Morgan fingerprint density at radius 3 is 2.62 bits per heavy atom. The van der Waals surface area contributed by atoms with E-state index in [0.717, 1.165) is 62.7 Å². The number of benzene rings is 1. The second-order valence-electron chi connectivity index (χ2n) is 7.82. The Bertz CT molecular complexity index is 924. The highest BCUT2D eigenvalue weighted by molar-refractivity contribution is 14.0. The molecular formula is C24H30FIN4OS. The Morgan fingerprint density at radius 2 is 1.94 bits per heavy atom. The van der Waals surface area contributed by atoms with Crippen molar-refractivity contribution in [2.45, 2.75) is 38.4 Å². The lowest BCUT2D eigenvalue weighted by Gasteiger charge is -2.33. The Balaban J connectivity index is 0.00000289. The zero-order valence-electron chi connectivity index (χ0n) is 18.0. The van der Waals surface area contributed by atoms with Gasteiger partial charge in [0.25, 0.3) is 0 Å². The number of rotatable bonds is 8. The predicted octanol–water partition coefficient (Wildman–Crippen LogP) is 5.04. The third-order valence-corrected chi connectivity index (χ3v) is 6.33. The lowest BCUT2D eigenvalue weighted by molar-refractivity contribution is 0.198. The summed E-state index contributed by atoms with van der Waals surface area (Å²) in [5, 5.41) is 9.17. The van der Waals surface area contributed by atoms with Gasteiger partial charge >= 0.3 is 0 Å². The van der Waals surface area contributed by atoms with Crippen LogP contribution in [-0.2, 0) is 19.5 Å². The van der Waals surface area contributed by atoms with Gasteiger partial charge in [-0.05, 0) is 54.1 Å². The van der Waals surface area contributed by atoms with E-state index in [1.807, 2.05) is 24.3 Å². The van der Waals surface area contributed by atoms with Crippen molar-refractivity contribution in [3.63, 3.8) is 0 Å².